The van der Waals surface area contributed by atoms with Crippen molar-refractivity contribution in [1.29, 1.82) is 0 Å². The number of nitrogens with zero attached hydrogens (tertiary/aromatic N) is 1. The molecule has 0 aromatic heterocycles. The molecule has 3 rings (SSSR count). The van der Waals surface area contributed by atoms with Crippen LogP contribution in [0.2, 0.25) is 0 Å². The Hall–Kier alpha value is -2.08. The average Bonchev–Trinajstić information content (AvgIpc) is 2.67. The van der Waals surface area contributed by atoms with Crippen molar-refractivity contribution in [2.24, 2.45) is 5.73 Å². The van der Waals surface area contributed by atoms with E-state index >= 15 is 0 Å². The first-order valence-corrected chi connectivity index (χ1v) is 9.49. The summed E-state index contributed by atoms with van der Waals surface area (Å²) in [5.41, 5.74) is 6.82. The molecule has 1 aliphatic rings. The highest BCUT2D eigenvalue weighted by Crippen LogP contribution is 2.26. The molecule has 1 atom stereocenters. The Morgan fingerprint density at radius 1 is 1.15 bits per heavy atom. The lowest BCUT2D eigenvalue weighted by atomic mass is 9.85. The summed E-state index contributed by atoms with van der Waals surface area (Å²) in [5, 5.41) is 10.8. The van der Waals surface area contributed by atoms with Gasteiger partial charge in [0.1, 0.15) is 5.82 Å². The highest BCUT2D eigenvalue weighted by atomic mass is 19.1. The van der Waals surface area contributed by atoms with Gasteiger partial charge in [0.05, 0.1) is 11.6 Å². The second-order valence-electron chi connectivity index (χ2n) is 7.50. The van der Waals surface area contributed by atoms with E-state index in [1.54, 1.807) is 6.07 Å². The molecule has 144 valence electrons. The van der Waals surface area contributed by atoms with Gasteiger partial charge >= 0.3 is 0 Å². The SMILES string of the molecule is NC(CCN1CCC(O)(Cc2ccccc2)CC1)C(=O)c1cccc(F)c1. The smallest absolute Gasteiger partial charge is 0.179 e. The number of Topliss-reactive ketones (excluding diaryl/α,β-unsaturated/α-hetero) is 1. The number of likely N-dealkylation sites (tertiary alicyclic amines) is 1. The van der Waals surface area contributed by atoms with Gasteiger partial charge in [-0.3, -0.25) is 4.79 Å². The highest BCUT2D eigenvalue weighted by molar-refractivity contribution is 5.99. The Bertz CT molecular complexity index is 758. The molecule has 3 N–H and O–H groups in total. The summed E-state index contributed by atoms with van der Waals surface area (Å²) in [5.74, 6) is -0.658. The lowest BCUT2D eigenvalue weighted by molar-refractivity contribution is -0.0209. The largest absolute Gasteiger partial charge is 0.389 e. The molecule has 1 heterocycles. The molecule has 1 unspecified atom stereocenters. The third-order valence-electron chi connectivity index (χ3n) is 5.37. The molecule has 0 radical (unpaired) electrons. The zero-order valence-electron chi connectivity index (χ0n) is 15.5. The number of carbonyl (C=O) groups is 1. The first-order chi connectivity index (χ1) is 13.0. The molecule has 2 aromatic rings. The van der Waals surface area contributed by atoms with Crippen LogP contribution in [0.4, 0.5) is 4.39 Å². The molecule has 1 fully saturated rings. The first kappa shape index (κ1) is 19.7. The van der Waals surface area contributed by atoms with E-state index in [1.807, 2.05) is 30.3 Å². The van der Waals surface area contributed by atoms with Crippen LogP contribution in [0.1, 0.15) is 35.2 Å². The second kappa shape index (κ2) is 8.74. The second-order valence-corrected chi connectivity index (χ2v) is 7.50. The Balaban J connectivity index is 1.46. The van der Waals surface area contributed by atoms with E-state index in [9.17, 15) is 14.3 Å². The number of benzene rings is 2. The van der Waals surface area contributed by atoms with Crippen molar-refractivity contribution in [2.75, 3.05) is 19.6 Å². The number of piperidine rings is 1. The van der Waals surface area contributed by atoms with E-state index in [1.165, 1.54) is 18.2 Å². The molecule has 0 spiro atoms. The number of halogens is 1. The van der Waals surface area contributed by atoms with Crippen LogP contribution >= 0.6 is 0 Å². The molecule has 1 saturated heterocycles. The van der Waals surface area contributed by atoms with E-state index in [0.29, 0.717) is 37.8 Å². The maximum absolute atomic E-state index is 13.3. The maximum Gasteiger partial charge on any atom is 0.179 e. The predicted octanol–water partition coefficient (Wildman–Crippen LogP) is 2.80. The van der Waals surface area contributed by atoms with Gasteiger partial charge in [-0.05, 0) is 37.0 Å². The Labute approximate surface area is 159 Å². The van der Waals surface area contributed by atoms with Crippen LogP contribution in [0.15, 0.2) is 54.6 Å². The molecule has 4 nitrogen and oxygen atoms in total. The Morgan fingerprint density at radius 2 is 1.85 bits per heavy atom. The summed E-state index contributed by atoms with van der Waals surface area (Å²) in [6, 6.07) is 15.1. The van der Waals surface area contributed by atoms with Crippen molar-refractivity contribution in [3.05, 3.63) is 71.5 Å². The van der Waals surface area contributed by atoms with Crippen molar-refractivity contribution < 1.29 is 14.3 Å². The van der Waals surface area contributed by atoms with Crippen LogP contribution in [0.25, 0.3) is 0 Å². The van der Waals surface area contributed by atoms with Crippen molar-refractivity contribution in [3.8, 4) is 0 Å². The van der Waals surface area contributed by atoms with E-state index in [4.69, 9.17) is 5.73 Å². The van der Waals surface area contributed by atoms with Crippen molar-refractivity contribution in [2.45, 2.75) is 37.3 Å². The van der Waals surface area contributed by atoms with Crippen LogP contribution < -0.4 is 5.73 Å². The van der Waals surface area contributed by atoms with E-state index < -0.39 is 17.5 Å². The minimum Gasteiger partial charge on any atom is -0.389 e. The molecule has 0 bridgehead atoms. The summed E-state index contributed by atoms with van der Waals surface area (Å²) in [6.45, 7) is 2.26. The first-order valence-electron chi connectivity index (χ1n) is 9.49. The number of rotatable bonds is 7. The fraction of sp³-hybridized carbons (Fsp3) is 0.409. The summed E-state index contributed by atoms with van der Waals surface area (Å²) < 4.78 is 13.3. The fourth-order valence-electron chi connectivity index (χ4n) is 3.65. The molecule has 1 aliphatic heterocycles. The molecule has 0 amide bonds. The van der Waals surface area contributed by atoms with Gasteiger partial charge in [-0.15, -0.1) is 0 Å². The van der Waals surface area contributed by atoms with Gasteiger partial charge in [-0.25, -0.2) is 4.39 Å². The van der Waals surface area contributed by atoms with Gasteiger partial charge in [-0.2, -0.15) is 0 Å². The monoisotopic (exact) mass is 370 g/mol. The van der Waals surface area contributed by atoms with E-state index in [2.05, 4.69) is 4.90 Å². The summed E-state index contributed by atoms with van der Waals surface area (Å²) in [4.78, 5) is 14.6. The van der Waals surface area contributed by atoms with Crippen molar-refractivity contribution >= 4 is 5.78 Å². The van der Waals surface area contributed by atoms with Crippen molar-refractivity contribution in [1.82, 2.24) is 4.90 Å². The quantitative estimate of drug-likeness (QED) is 0.736. The van der Waals surface area contributed by atoms with Crippen LogP contribution in [-0.4, -0.2) is 47.1 Å². The summed E-state index contributed by atoms with van der Waals surface area (Å²) in [6.07, 6.45) is 2.59. The zero-order valence-corrected chi connectivity index (χ0v) is 15.5. The van der Waals surface area contributed by atoms with E-state index in [-0.39, 0.29) is 5.78 Å². The molecule has 0 aliphatic carbocycles. The normalized spacial score (nSPS) is 18.2. The standard InChI is InChI=1S/C22H27FN2O2/c23-19-8-4-7-18(15-19)21(26)20(24)9-12-25-13-10-22(27,11-14-25)16-17-5-2-1-3-6-17/h1-8,15,20,27H,9-14,16,24H2. The van der Waals surface area contributed by atoms with Gasteiger partial charge in [0, 0.05) is 31.6 Å². The lowest BCUT2D eigenvalue weighted by Gasteiger charge is -2.38. The van der Waals surface area contributed by atoms with Crippen LogP contribution in [-0.2, 0) is 6.42 Å². The molecule has 0 saturated carbocycles. The summed E-state index contributed by atoms with van der Waals surface area (Å²) >= 11 is 0. The number of ketones is 1. The third kappa shape index (κ3) is 5.45. The lowest BCUT2D eigenvalue weighted by Crippen LogP contribution is -2.47. The minimum atomic E-state index is -0.669. The van der Waals surface area contributed by atoms with Gasteiger partial charge in [0.25, 0.3) is 0 Å². The summed E-state index contributed by atoms with van der Waals surface area (Å²) in [7, 11) is 0. The Morgan fingerprint density at radius 3 is 2.52 bits per heavy atom. The Kier molecular flexibility index (Phi) is 6.37. The highest BCUT2D eigenvalue weighted by Gasteiger charge is 2.32. The van der Waals surface area contributed by atoms with Gasteiger partial charge in [0.2, 0.25) is 0 Å². The fourth-order valence-corrected chi connectivity index (χ4v) is 3.65. The van der Waals surface area contributed by atoms with Crippen molar-refractivity contribution in [3.63, 3.8) is 0 Å². The van der Waals surface area contributed by atoms with Crippen LogP contribution in [0.5, 0.6) is 0 Å². The average molecular weight is 370 g/mol. The van der Waals surface area contributed by atoms with Gasteiger partial charge in [-0.1, -0.05) is 42.5 Å². The molecule has 5 heteroatoms. The molecular formula is C22H27FN2O2. The molecule has 27 heavy (non-hydrogen) atoms. The van der Waals surface area contributed by atoms with Crippen LogP contribution in [0.3, 0.4) is 0 Å². The zero-order chi connectivity index (χ0) is 19.3. The minimum absolute atomic E-state index is 0.230. The molecule has 2 aromatic carbocycles. The van der Waals surface area contributed by atoms with Crippen LogP contribution in [0, 0.1) is 5.82 Å². The van der Waals surface area contributed by atoms with E-state index in [0.717, 1.165) is 18.7 Å². The number of hydrogen-bond donors (Lipinski definition) is 2. The number of hydrogen-bond acceptors (Lipinski definition) is 4. The van der Waals surface area contributed by atoms with Gasteiger partial charge < -0.3 is 15.7 Å². The predicted molar refractivity (Wildman–Crippen MR) is 104 cm³/mol. The maximum atomic E-state index is 13.3. The number of nitrogens with two attached hydrogens (primary N) is 1. The number of carbonyl (C=O) groups excluding carboxylic acids is 1. The van der Waals surface area contributed by atoms with Gasteiger partial charge in [0.15, 0.2) is 5.78 Å². The molecular weight excluding hydrogens is 343 g/mol. The topological polar surface area (TPSA) is 66.6 Å². The number of aliphatic hydroxyl groups is 1. The third-order valence-corrected chi connectivity index (χ3v) is 5.37.